The van der Waals surface area contributed by atoms with Gasteiger partial charge in [0.1, 0.15) is 17.2 Å². The molecule has 0 saturated carbocycles. The molecule has 0 bridgehead atoms. The number of ether oxygens (including phenoxy) is 2. The van der Waals surface area contributed by atoms with Crippen LogP contribution in [0.3, 0.4) is 0 Å². The van der Waals surface area contributed by atoms with Crippen LogP contribution in [0, 0.1) is 5.82 Å². The maximum Gasteiger partial charge on any atom is 0.407 e. The molecule has 1 aliphatic rings. The topological polar surface area (TPSA) is 67.9 Å². The highest BCUT2D eigenvalue weighted by Gasteiger charge is 2.25. The lowest BCUT2D eigenvalue weighted by Crippen LogP contribution is -2.48. The number of alkyl carbamates (subject to hydrolysis) is 1. The van der Waals surface area contributed by atoms with E-state index in [0.717, 1.165) is 0 Å². The van der Waals surface area contributed by atoms with Gasteiger partial charge >= 0.3 is 6.09 Å². The maximum atomic E-state index is 13.1. The lowest BCUT2D eigenvalue weighted by atomic mass is 10.1. The van der Waals surface area contributed by atoms with Crippen molar-refractivity contribution in [3.63, 3.8) is 0 Å². The molecule has 1 aromatic rings. The van der Waals surface area contributed by atoms with Gasteiger partial charge in [-0.25, -0.2) is 9.18 Å². The highest BCUT2D eigenvalue weighted by Crippen LogP contribution is 2.21. The van der Waals surface area contributed by atoms with Gasteiger partial charge in [0.05, 0.1) is 5.02 Å². The maximum absolute atomic E-state index is 13.1. The predicted molar refractivity (Wildman–Crippen MR) is 95.9 cm³/mol. The summed E-state index contributed by atoms with van der Waals surface area (Å²) < 4.78 is 23.7. The number of likely N-dealkylation sites (tertiary alicyclic amines) is 1. The summed E-state index contributed by atoms with van der Waals surface area (Å²) in [4.78, 5) is 25.7. The zero-order chi connectivity index (χ0) is 19.3. The number of piperidine rings is 1. The Morgan fingerprint density at radius 1 is 1.31 bits per heavy atom. The third-order valence-corrected chi connectivity index (χ3v) is 4.11. The van der Waals surface area contributed by atoms with Crippen molar-refractivity contribution < 1.29 is 23.5 Å². The van der Waals surface area contributed by atoms with Gasteiger partial charge in [0.2, 0.25) is 0 Å². The molecule has 1 saturated heterocycles. The summed E-state index contributed by atoms with van der Waals surface area (Å²) in [6.07, 6.45) is 0.847. The van der Waals surface area contributed by atoms with Crippen LogP contribution in [0.2, 0.25) is 5.02 Å². The van der Waals surface area contributed by atoms with E-state index < -0.39 is 17.5 Å². The number of halogens is 2. The summed E-state index contributed by atoms with van der Waals surface area (Å²) in [5.41, 5.74) is -0.540. The summed E-state index contributed by atoms with van der Waals surface area (Å²) in [5.74, 6) is -0.364. The molecular weight excluding hydrogens is 363 g/mol. The number of hydrogen-bond donors (Lipinski definition) is 1. The van der Waals surface area contributed by atoms with Crippen molar-refractivity contribution in [1.82, 2.24) is 10.2 Å². The van der Waals surface area contributed by atoms with Crippen molar-refractivity contribution in [2.24, 2.45) is 0 Å². The van der Waals surface area contributed by atoms with E-state index in [1.54, 1.807) is 4.90 Å². The average molecular weight is 387 g/mol. The van der Waals surface area contributed by atoms with Gasteiger partial charge in [0.25, 0.3) is 5.91 Å². The molecule has 1 heterocycles. The standard InChI is InChI=1S/C18H24ClFN2O4/c1-18(2,3)26-17(24)21-12-6-8-22(9-7-12)16(23)11-25-13-4-5-15(20)14(19)10-13/h4-5,10,12H,6-9,11H2,1-3H3,(H,21,24). The number of hydrogen-bond acceptors (Lipinski definition) is 4. The minimum absolute atomic E-state index is 0.0225. The second kappa shape index (κ2) is 8.58. The number of nitrogens with one attached hydrogen (secondary N) is 1. The molecule has 26 heavy (non-hydrogen) atoms. The van der Waals surface area contributed by atoms with Gasteiger partial charge in [-0.3, -0.25) is 4.79 Å². The van der Waals surface area contributed by atoms with E-state index in [4.69, 9.17) is 21.1 Å². The van der Waals surface area contributed by atoms with Crippen LogP contribution in [0.25, 0.3) is 0 Å². The first-order valence-electron chi connectivity index (χ1n) is 8.49. The summed E-state index contributed by atoms with van der Waals surface area (Å²) in [6, 6.07) is 3.92. The lowest BCUT2D eigenvalue weighted by molar-refractivity contribution is -0.134. The second-order valence-electron chi connectivity index (χ2n) is 7.17. The van der Waals surface area contributed by atoms with Crippen LogP contribution in [0.15, 0.2) is 18.2 Å². The third kappa shape index (κ3) is 6.37. The van der Waals surface area contributed by atoms with Gasteiger partial charge in [-0.2, -0.15) is 0 Å². The molecule has 1 aliphatic heterocycles. The van der Waals surface area contributed by atoms with Crippen LogP contribution in [0.1, 0.15) is 33.6 Å². The summed E-state index contributed by atoms with van der Waals surface area (Å²) in [6.45, 7) is 6.32. The number of carbonyl (C=O) groups excluding carboxylic acids is 2. The first-order valence-corrected chi connectivity index (χ1v) is 8.87. The van der Waals surface area contributed by atoms with Crippen LogP contribution in [-0.2, 0) is 9.53 Å². The minimum Gasteiger partial charge on any atom is -0.484 e. The average Bonchev–Trinajstić information content (AvgIpc) is 2.54. The molecule has 0 unspecified atom stereocenters. The number of carbonyl (C=O) groups is 2. The van der Waals surface area contributed by atoms with E-state index in [0.29, 0.717) is 31.7 Å². The Hall–Kier alpha value is -2.02. The van der Waals surface area contributed by atoms with E-state index in [1.165, 1.54) is 18.2 Å². The van der Waals surface area contributed by atoms with Crippen LogP contribution < -0.4 is 10.1 Å². The highest BCUT2D eigenvalue weighted by molar-refractivity contribution is 6.30. The summed E-state index contributed by atoms with van der Waals surface area (Å²) in [7, 11) is 0. The molecule has 8 heteroatoms. The fourth-order valence-electron chi connectivity index (χ4n) is 2.55. The Bertz CT molecular complexity index is 655. The molecule has 6 nitrogen and oxygen atoms in total. The Kier molecular flexibility index (Phi) is 6.69. The first kappa shape index (κ1) is 20.3. The molecule has 0 aromatic heterocycles. The Morgan fingerprint density at radius 3 is 2.54 bits per heavy atom. The Labute approximate surface area is 157 Å². The number of rotatable bonds is 4. The molecule has 0 radical (unpaired) electrons. The van der Waals surface area contributed by atoms with Crippen molar-refractivity contribution in [3.8, 4) is 5.75 Å². The SMILES string of the molecule is CC(C)(C)OC(=O)NC1CCN(C(=O)COc2ccc(F)c(Cl)c2)CC1. The van der Waals surface area contributed by atoms with Gasteiger partial charge in [0, 0.05) is 25.2 Å². The molecule has 2 amide bonds. The Morgan fingerprint density at radius 2 is 1.96 bits per heavy atom. The molecule has 1 aromatic carbocycles. The van der Waals surface area contributed by atoms with Crippen molar-refractivity contribution >= 4 is 23.6 Å². The quantitative estimate of drug-likeness (QED) is 0.861. The Balaban J connectivity index is 1.74. The fraction of sp³-hybridized carbons (Fsp3) is 0.556. The zero-order valence-electron chi connectivity index (χ0n) is 15.2. The first-order chi connectivity index (χ1) is 12.1. The molecule has 2 rings (SSSR count). The van der Waals surface area contributed by atoms with Crippen molar-refractivity contribution in [3.05, 3.63) is 29.0 Å². The smallest absolute Gasteiger partial charge is 0.407 e. The van der Waals surface area contributed by atoms with Gasteiger partial charge in [0.15, 0.2) is 6.61 Å². The molecule has 0 spiro atoms. The van der Waals surface area contributed by atoms with Crippen molar-refractivity contribution in [1.29, 1.82) is 0 Å². The van der Waals surface area contributed by atoms with Crippen LogP contribution >= 0.6 is 11.6 Å². The number of benzene rings is 1. The molecule has 0 aliphatic carbocycles. The molecule has 0 atom stereocenters. The van der Waals surface area contributed by atoms with E-state index in [1.807, 2.05) is 20.8 Å². The second-order valence-corrected chi connectivity index (χ2v) is 7.57. The van der Waals surface area contributed by atoms with Gasteiger partial charge < -0.3 is 19.7 Å². The van der Waals surface area contributed by atoms with Gasteiger partial charge in [-0.15, -0.1) is 0 Å². The monoisotopic (exact) mass is 386 g/mol. The number of amides is 2. The zero-order valence-corrected chi connectivity index (χ0v) is 15.9. The van der Waals surface area contributed by atoms with Crippen LogP contribution in [0.4, 0.5) is 9.18 Å². The fourth-order valence-corrected chi connectivity index (χ4v) is 2.72. The summed E-state index contributed by atoms with van der Waals surface area (Å²) in [5, 5.41) is 2.77. The van der Waals surface area contributed by atoms with E-state index >= 15 is 0 Å². The molecule has 1 fully saturated rings. The third-order valence-electron chi connectivity index (χ3n) is 3.82. The highest BCUT2D eigenvalue weighted by atomic mass is 35.5. The molecule has 144 valence electrons. The van der Waals surface area contributed by atoms with E-state index in [2.05, 4.69) is 5.32 Å². The summed E-state index contributed by atoms with van der Waals surface area (Å²) >= 11 is 5.68. The van der Waals surface area contributed by atoms with E-state index in [9.17, 15) is 14.0 Å². The van der Waals surface area contributed by atoms with Crippen LogP contribution in [-0.4, -0.2) is 48.2 Å². The van der Waals surface area contributed by atoms with E-state index in [-0.39, 0.29) is 23.6 Å². The number of nitrogens with zero attached hydrogens (tertiary/aromatic N) is 1. The van der Waals surface area contributed by atoms with Gasteiger partial charge in [-0.05, 0) is 45.7 Å². The lowest BCUT2D eigenvalue weighted by Gasteiger charge is -2.32. The van der Waals surface area contributed by atoms with Crippen LogP contribution in [0.5, 0.6) is 5.75 Å². The largest absolute Gasteiger partial charge is 0.484 e. The van der Waals surface area contributed by atoms with Crippen molar-refractivity contribution in [2.75, 3.05) is 19.7 Å². The normalized spacial score (nSPS) is 15.5. The van der Waals surface area contributed by atoms with Crippen molar-refractivity contribution in [2.45, 2.75) is 45.3 Å². The molecular formula is C18H24ClFN2O4. The predicted octanol–water partition coefficient (Wildman–Crippen LogP) is 3.37. The van der Waals surface area contributed by atoms with Gasteiger partial charge in [-0.1, -0.05) is 11.6 Å². The molecule has 1 N–H and O–H groups in total. The minimum atomic E-state index is -0.540.